The highest BCUT2D eigenvalue weighted by molar-refractivity contribution is 5.94. The van der Waals surface area contributed by atoms with E-state index in [0.717, 1.165) is 25.7 Å². The van der Waals surface area contributed by atoms with Crippen LogP contribution in [0.1, 0.15) is 55.3 Å². The molecule has 1 aromatic rings. The van der Waals surface area contributed by atoms with E-state index in [9.17, 15) is 19.5 Å². The second-order valence-electron chi connectivity index (χ2n) is 7.71. The van der Waals surface area contributed by atoms with Crippen molar-refractivity contribution in [3.05, 3.63) is 18.0 Å². The van der Waals surface area contributed by atoms with Gasteiger partial charge in [0.1, 0.15) is 6.54 Å². The quantitative estimate of drug-likeness (QED) is 0.635. The number of carbonyl (C=O) groups is 3. The van der Waals surface area contributed by atoms with E-state index in [4.69, 9.17) is 4.74 Å². The normalized spacial score (nSPS) is 19.7. The van der Waals surface area contributed by atoms with Crippen molar-refractivity contribution in [1.29, 1.82) is 0 Å². The van der Waals surface area contributed by atoms with Crippen LogP contribution in [0.3, 0.4) is 0 Å². The summed E-state index contributed by atoms with van der Waals surface area (Å²) in [4.78, 5) is 36.2. The van der Waals surface area contributed by atoms with E-state index in [1.54, 1.807) is 0 Å². The first-order chi connectivity index (χ1) is 13.5. The standard InChI is InChI=1S/C19H28N4O5/c24-16(22-15-4-2-1-3-5-15)12-23-11-14(10-21-23)17(25)20-13-19(18(26)27)6-8-28-9-7-19/h10-11,15H,1-9,12-13H2,(H,20,25)(H,22,24)(H,26,27). The summed E-state index contributed by atoms with van der Waals surface area (Å²) in [6.45, 7) is 0.838. The van der Waals surface area contributed by atoms with Crippen molar-refractivity contribution >= 4 is 17.8 Å². The molecule has 1 saturated carbocycles. The fourth-order valence-electron chi connectivity index (χ4n) is 3.81. The molecule has 1 saturated heterocycles. The van der Waals surface area contributed by atoms with Gasteiger partial charge in [-0.3, -0.25) is 19.1 Å². The van der Waals surface area contributed by atoms with Crippen molar-refractivity contribution < 1.29 is 24.2 Å². The van der Waals surface area contributed by atoms with Crippen LogP contribution in [-0.4, -0.2) is 58.5 Å². The van der Waals surface area contributed by atoms with Crippen LogP contribution in [0.25, 0.3) is 0 Å². The molecule has 0 unspecified atom stereocenters. The smallest absolute Gasteiger partial charge is 0.311 e. The van der Waals surface area contributed by atoms with Gasteiger partial charge in [0.25, 0.3) is 5.91 Å². The molecule has 1 aliphatic carbocycles. The average molecular weight is 392 g/mol. The Labute approximate surface area is 163 Å². The maximum atomic E-state index is 12.4. The first kappa shape index (κ1) is 20.3. The predicted octanol–water partition coefficient (Wildman–Crippen LogP) is 0.943. The Morgan fingerprint density at radius 1 is 1.21 bits per heavy atom. The summed E-state index contributed by atoms with van der Waals surface area (Å²) in [5, 5.41) is 19.3. The highest BCUT2D eigenvalue weighted by Crippen LogP contribution is 2.30. The van der Waals surface area contributed by atoms with Crippen LogP contribution >= 0.6 is 0 Å². The third kappa shape index (κ3) is 5.09. The van der Waals surface area contributed by atoms with Crippen LogP contribution in [0, 0.1) is 5.41 Å². The number of hydrogen-bond acceptors (Lipinski definition) is 5. The van der Waals surface area contributed by atoms with E-state index >= 15 is 0 Å². The number of nitrogens with one attached hydrogen (secondary N) is 2. The van der Waals surface area contributed by atoms with Crippen molar-refractivity contribution in [3.63, 3.8) is 0 Å². The number of carboxylic acid groups (broad SMARTS) is 1. The average Bonchev–Trinajstić information content (AvgIpc) is 3.16. The highest BCUT2D eigenvalue weighted by Gasteiger charge is 2.40. The van der Waals surface area contributed by atoms with Gasteiger partial charge in [-0.05, 0) is 25.7 Å². The Kier molecular flexibility index (Phi) is 6.66. The molecular formula is C19H28N4O5. The number of carboxylic acids is 1. The Balaban J connectivity index is 1.50. The molecule has 28 heavy (non-hydrogen) atoms. The summed E-state index contributed by atoms with van der Waals surface area (Å²) in [5.74, 6) is -1.44. The van der Waals surface area contributed by atoms with Crippen molar-refractivity contribution in [1.82, 2.24) is 20.4 Å². The van der Waals surface area contributed by atoms with Gasteiger partial charge >= 0.3 is 5.97 Å². The van der Waals surface area contributed by atoms with Gasteiger partial charge in [-0.1, -0.05) is 19.3 Å². The van der Waals surface area contributed by atoms with Gasteiger partial charge in [0.05, 0.1) is 17.2 Å². The number of amides is 2. The van der Waals surface area contributed by atoms with Crippen LogP contribution in [0.2, 0.25) is 0 Å². The SMILES string of the molecule is O=C(Cn1cc(C(=O)NCC2(C(=O)O)CCOCC2)cn1)NC1CCCCC1. The molecular weight excluding hydrogens is 364 g/mol. The van der Waals surface area contributed by atoms with Crippen LogP contribution < -0.4 is 10.6 Å². The van der Waals surface area contributed by atoms with E-state index < -0.39 is 17.3 Å². The zero-order chi connectivity index (χ0) is 20.0. The first-order valence-electron chi connectivity index (χ1n) is 9.90. The molecule has 0 radical (unpaired) electrons. The van der Waals surface area contributed by atoms with Gasteiger partial charge in [-0.25, -0.2) is 0 Å². The number of hydrogen-bond donors (Lipinski definition) is 3. The second kappa shape index (κ2) is 9.18. The third-order valence-electron chi connectivity index (χ3n) is 5.66. The number of aromatic nitrogens is 2. The molecule has 9 nitrogen and oxygen atoms in total. The molecule has 3 N–H and O–H groups in total. The van der Waals surface area contributed by atoms with E-state index in [2.05, 4.69) is 15.7 Å². The van der Waals surface area contributed by atoms with Gasteiger partial charge in [0, 0.05) is 32.0 Å². The van der Waals surface area contributed by atoms with E-state index in [0.29, 0.717) is 31.6 Å². The van der Waals surface area contributed by atoms with Crippen LogP contribution in [0.4, 0.5) is 0 Å². The van der Waals surface area contributed by atoms with Gasteiger partial charge in [-0.2, -0.15) is 5.10 Å². The lowest BCUT2D eigenvalue weighted by molar-refractivity contribution is -0.154. The molecule has 1 aliphatic heterocycles. The lowest BCUT2D eigenvalue weighted by Crippen LogP contribution is -2.46. The minimum absolute atomic E-state index is 0.0396. The topological polar surface area (TPSA) is 123 Å². The molecule has 2 aliphatic rings. The molecule has 2 amide bonds. The molecule has 0 aromatic carbocycles. The van der Waals surface area contributed by atoms with Crippen LogP contribution in [0.15, 0.2) is 12.4 Å². The number of ether oxygens (including phenoxy) is 1. The van der Waals surface area contributed by atoms with Crippen molar-refractivity contribution in [2.75, 3.05) is 19.8 Å². The summed E-state index contributed by atoms with van der Waals surface area (Å²) in [5.41, 5.74) is -0.692. The maximum Gasteiger partial charge on any atom is 0.311 e. The highest BCUT2D eigenvalue weighted by atomic mass is 16.5. The molecule has 0 atom stereocenters. The Morgan fingerprint density at radius 2 is 1.93 bits per heavy atom. The van der Waals surface area contributed by atoms with Crippen molar-refractivity contribution in [2.24, 2.45) is 5.41 Å². The Hall–Kier alpha value is -2.42. The molecule has 1 aromatic heterocycles. The summed E-state index contributed by atoms with van der Waals surface area (Å²) < 4.78 is 6.66. The van der Waals surface area contributed by atoms with Gasteiger partial charge in [0.2, 0.25) is 5.91 Å². The Bertz CT molecular complexity index is 705. The minimum Gasteiger partial charge on any atom is -0.481 e. The molecule has 0 spiro atoms. The predicted molar refractivity (Wildman–Crippen MR) is 99.7 cm³/mol. The second-order valence-corrected chi connectivity index (χ2v) is 7.71. The molecule has 2 fully saturated rings. The monoisotopic (exact) mass is 392 g/mol. The summed E-state index contributed by atoms with van der Waals surface area (Å²) in [6.07, 6.45) is 9.15. The fourth-order valence-corrected chi connectivity index (χ4v) is 3.81. The molecule has 154 valence electrons. The van der Waals surface area contributed by atoms with Gasteiger partial charge < -0.3 is 20.5 Å². The van der Waals surface area contributed by atoms with Crippen LogP contribution in [0.5, 0.6) is 0 Å². The largest absolute Gasteiger partial charge is 0.481 e. The van der Waals surface area contributed by atoms with Crippen molar-refractivity contribution in [3.8, 4) is 0 Å². The Morgan fingerprint density at radius 3 is 2.61 bits per heavy atom. The van der Waals surface area contributed by atoms with Crippen LogP contribution in [-0.2, 0) is 20.9 Å². The number of aliphatic carboxylic acids is 1. The van der Waals surface area contributed by atoms with E-state index in [1.807, 2.05) is 0 Å². The van der Waals surface area contributed by atoms with E-state index in [1.165, 1.54) is 23.5 Å². The molecule has 0 bridgehead atoms. The van der Waals surface area contributed by atoms with Gasteiger partial charge in [0.15, 0.2) is 0 Å². The summed E-state index contributed by atoms with van der Waals surface area (Å²) in [6, 6.07) is 0.228. The molecule has 3 rings (SSSR count). The van der Waals surface area contributed by atoms with E-state index in [-0.39, 0.29) is 25.0 Å². The minimum atomic E-state index is -0.996. The van der Waals surface area contributed by atoms with Crippen molar-refractivity contribution in [2.45, 2.75) is 57.5 Å². The summed E-state index contributed by atoms with van der Waals surface area (Å²) in [7, 11) is 0. The molecule has 9 heteroatoms. The molecule has 2 heterocycles. The fraction of sp³-hybridized carbons (Fsp3) is 0.684. The first-order valence-corrected chi connectivity index (χ1v) is 9.90. The lowest BCUT2D eigenvalue weighted by atomic mass is 9.80. The number of nitrogens with zero attached hydrogens (tertiary/aromatic N) is 2. The number of rotatable bonds is 7. The number of carbonyl (C=O) groups excluding carboxylic acids is 2. The van der Waals surface area contributed by atoms with Gasteiger partial charge in [-0.15, -0.1) is 0 Å². The zero-order valence-corrected chi connectivity index (χ0v) is 16.0. The zero-order valence-electron chi connectivity index (χ0n) is 16.0. The lowest BCUT2D eigenvalue weighted by Gasteiger charge is -2.33. The maximum absolute atomic E-state index is 12.4. The third-order valence-corrected chi connectivity index (χ3v) is 5.66. The summed E-state index contributed by atoms with van der Waals surface area (Å²) >= 11 is 0.